The molecule has 4 heterocycles. The van der Waals surface area contributed by atoms with Gasteiger partial charge >= 0.3 is 0 Å². The molecule has 6 rings (SSSR count). The Morgan fingerprint density at radius 1 is 1.06 bits per heavy atom. The molecule has 0 saturated carbocycles. The van der Waals surface area contributed by atoms with E-state index in [0.717, 1.165) is 5.52 Å². The Hall–Kier alpha value is -4.35. The fourth-order valence-corrected chi connectivity index (χ4v) is 8.48. The normalized spacial score (nSPS) is 26.6. The zero-order chi connectivity index (χ0) is 34.2. The van der Waals surface area contributed by atoms with E-state index in [9.17, 15) is 14.7 Å². The van der Waals surface area contributed by atoms with Crippen molar-refractivity contribution in [2.24, 2.45) is 17.8 Å². The van der Waals surface area contributed by atoms with Gasteiger partial charge in [0.2, 0.25) is 17.7 Å². The molecule has 1 N–H and O–H groups in total. The average molecular weight is 655 g/mol. The first-order chi connectivity index (χ1) is 23.2. The second kappa shape index (κ2) is 13.3. The lowest BCUT2D eigenvalue weighted by molar-refractivity contribution is -0.157. The number of hydrogen-bond donors (Lipinski definition) is 1. The maximum Gasteiger partial charge on any atom is 0.250 e. The minimum atomic E-state index is -1.25. The molecule has 11 heteroatoms. The molecule has 3 fully saturated rings. The molecule has 11 nitrogen and oxygen atoms in total. The first kappa shape index (κ1) is 33.5. The number of fused-ring (bicyclic) bond motifs is 2. The molecule has 0 radical (unpaired) electrons. The molecule has 2 bridgehead atoms. The van der Waals surface area contributed by atoms with Crippen LogP contribution < -0.4 is 4.90 Å². The number of para-hydroxylation sites is 2. The second-order valence-electron chi connectivity index (χ2n) is 13.7. The van der Waals surface area contributed by atoms with Crippen LogP contribution in [0.1, 0.15) is 46.5 Å². The highest BCUT2D eigenvalue weighted by atomic mass is 16.5. The first-order valence-corrected chi connectivity index (χ1v) is 16.9. The standard InChI is InChI=1S/C37H46N6O5/c1-6-20-40(24-42-29-17-13-12-16-28(29)38-39-42)35(47)32-37-19-18-36(8-3,48-37)30(31(37)34(46)43(32)27(23-44)22-25(4)5)33(45)41(21-7-2)26-14-10-9-11-15-26/h6-7,9-17,25,27,30-32,44H,1-2,8,18-24H2,3-5H3/t27-,30-,31+,32?,36+,37?/m1/s1. The lowest BCUT2D eigenvalue weighted by Crippen LogP contribution is -2.59. The smallest absolute Gasteiger partial charge is 0.250 e. The summed E-state index contributed by atoms with van der Waals surface area (Å²) >= 11 is 0. The Bertz CT molecular complexity index is 1690. The molecule has 0 aliphatic carbocycles. The number of ether oxygens (including phenoxy) is 1. The van der Waals surface area contributed by atoms with Crippen molar-refractivity contribution in [1.82, 2.24) is 24.8 Å². The van der Waals surface area contributed by atoms with E-state index in [1.165, 1.54) is 0 Å². The van der Waals surface area contributed by atoms with Gasteiger partial charge in [-0.2, -0.15) is 0 Å². The summed E-state index contributed by atoms with van der Waals surface area (Å²) in [5.74, 6) is -2.47. The highest BCUT2D eigenvalue weighted by Crippen LogP contribution is 2.65. The number of aliphatic hydroxyl groups is 1. The summed E-state index contributed by atoms with van der Waals surface area (Å²) in [5, 5.41) is 19.3. The largest absolute Gasteiger partial charge is 0.394 e. The van der Waals surface area contributed by atoms with Crippen LogP contribution in [0.5, 0.6) is 0 Å². The lowest BCUT2D eigenvalue weighted by Gasteiger charge is -2.40. The van der Waals surface area contributed by atoms with Crippen molar-refractivity contribution >= 4 is 34.4 Å². The number of amides is 3. The fraction of sp³-hybridized carbons (Fsp3) is 0.486. The van der Waals surface area contributed by atoms with Crippen LogP contribution in [0.4, 0.5) is 5.69 Å². The van der Waals surface area contributed by atoms with Crippen molar-refractivity contribution in [3.63, 3.8) is 0 Å². The zero-order valence-corrected chi connectivity index (χ0v) is 28.1. The molecule has 1 spiro atoms. The van der Waals surface area contributed by atoms with E-state index in [0.29, 0.717) is 36.9 Å². The Morgan fingerprint density at radius 3 is 2.44 bits per heavy atom. The van der Waals surface area contributed by atoms with Crippen LogP contribution in [0.3, 0.4) is 0 Å². The van der Waals surface area contributed by atoms with Crippen molar-refractivity contribution in [2.75, 3.05) is 24.6 Å². The Morgan fingerprint density at radius 2 is 1.77 bits per heavy atom. The first-order valence-electron chi connectivity index (χ1n) is 16.9. The molecule has 48 heavy (non-hydrogen) atoms. The SMILES string of the molecule is C=CCN(Cn1nnc2ccccc21)C(=O)C1N([C@@H](CO)CC(C)C)C(=O)[C@@H]2[C@H](C(=O)N(CC=C)c3ccccc3)[C@]3(CC)CCC12O3. The predicted molar refractivity (Wildman–Crippen MR) is 182 cm³/mol. The number of rotatable bonds is 14. The third-order valence-electron chi connectivity index (χ3n) is 10.5. The van der Waals surface area contributed by atoms with Crippen molar-refractivity contribution in [2.45, 2.75) is 76.4 Å². The molecule has 1 aromatic heterocycles. The maximum atomic E-state index is 15.1. The number of carbonyl (C=O) groups is 3. The molecular weight excluding hydrogens is 608 g/mol. The van der Waals surface area contributed by atoms with Crippen LogP contribution in [-0.2, 0) is 25.8 Å². The van der Waals surface area contributed by atoms with Crippen LogP contribution >= 0.6 is 0 Å². The molecule has 3 aliphatic heterocycles. The van der Waals surface area contributed by atoms with Crippen molar-refractivity contribution in [1.29, 1.82) is 0 Å². The molecule has 2 unspecified atom stereocenters. The van der Waals surface area contributed by atoms with Gasteiger partial charge in [-0.15, -0.1) is 18.3 Å². The number of anilines is 1. The number of aromatic nitrogens is 3. The fourth-order valence-electron chi connectivity index (χ4n) is 8.48. The average Bonchev–Trinajstić information content (AvgIpc) is 3.82. The number of benzene rings is 2. The van der Waals surface area contributed by atoms with Gasteiger partial charge in [0.25, 0.3) is 0 Å². The molecule has 254 valence electrons. The molecular formula is C37H46N6O5. The van der Waals surface area contributed by atoms with Gasteiger partial charge in [-0.1, -0.05) is 68.5 Å². The van der Waals surface area contributed by atoms with Crippen LogP contribution in [0.15, 0.2) is 79.9 Å². The second-order valence-corrected chi connectivity index (χ2v) is 13.7. The van der Waals surface area contributed by atoms with E-state index in [1.54, 1.807) is 31.5 Å². The third kappa shape index (κ3) is 5.33. The summed E-state index contributed by atoms with van der Waals surface area (Å²) in [6, 6.07) is 15.2. The number of hydrogen-bond acceptors (Lipinski definition) is 7. The molecule has 3 amide bonds. The number of likely N-dealkylation sites (tertiary alicyclic amines) is 1. The van der Waals surface area contributed by atoms with Gasteiger partial charge in [0.05, 0.1) is 35.6 Å². The van der Waals surface area contributed by atoms with E-state index in [-0.39, 0.29) is 50.0 Å². The van der Waals surface area contributed by atoms with E-state index in [4.69, 9.17) is 4.74 Å². The van der Waals surface area contributed by atoms with Gasteiger partial charge in [0.15, 0.2) is 0 Å². The van der Waals surface area contributed by atoms with Gasteiger partial charge in [-0.05, 0) is 55.9 Å². The minimum absolute atomic E-state index is 0.0705. The molecule has 3 aliphatic rings. The summed E-state index contributed by atoms with van der Waals surface area (Å²) < 4.78 is 8.72. The summed E-state index contributed by atoms with van der Waals surface area (Å²) in [5.41, 5.74) is -0.0159. The van der Waals surface area contributed by atoms with Gasteiger partial charge in [0, 0.05) is 18.8 Å². The van der Waals surface area contributed by atoms with Gasteiger partial charge < -0.3 is 24.5 Å². The minimum Gasteiger partial charge on any atom is -0.394 e. The van der Waals surface area contributed by atoms with E-state index in [1.807, 2.05) is 75.4 Å². The number of nitrogens with zero attached hydrogens (tertiary/aromatic N) is 6. The monoisotopic (exact) mass is 654 g/mol. The summed E-state index contributed by atoms with van der Waals surface area (Å²) in [6.45, 7) is 14.0. The third-order valence-corrected chi connectivity index (χ3v) is 10.5. The topological polar surface area (TPSA) is 121 Å². The number of carbonyl (C=O) groups excluding carboxylic acids is 3. The molecule has 2 aromatic carbocycles. The highest BCUT2D eigenvalue weighted by molar-refractivity contribution is 6.03. The Labute approximate surface area is 281 Å². The summed E-state index contributed by atoms with van der Waals surface area (Å²) in [7, 11) is 0. The Balaban J connectivity index is 1.46. The molecule has 3 aromatic rings. The van der Waals surface area contributed by atoms with Crippen LogP contribution in [0.25, 0.3) is 11.0 Å². The zero-order valence-electron chi connectivity index (χ0n) is 28.1. The molecule has 3 saturated heterocycles. The van der Waals surface area contributed by atoms with Gasteiger partial charge in [-0.25, -0.2) is 4.68 Å². The predicted octanol–water partition coefficient (Wildman–Crippen LogP) is 4.18. The summed E-state index contributed by atoms with van der Waals surface area (Å²) in [4.78, 5) is 49.7. The van der Waals surface area contributed by atoms with E-state index in [2.05, 4.69) is 23.5 Å². The van der Waals surface area contributed by atoms with Crippen molar-refractivity contribution in [3.8, 4) is 0 Å². The van der Waals surface area contributed by atoms with Gasteiger partial charge in [-0.3, -0.25) is 14.4 Å². The van der Waals surface area contributed by atoms with Crippen molar-refractivity contribution < 1.29 is 24.2 Å². The lowest BCUT2D eigenvalue weighted by atomic mass is 9.64. The van der Waals surface area contributed by atoms with Crippen LogP contribution in [0.2, 0.25) is 0 Å². The molecule has 6 atom stereocenters. The van der Waals surface area contributed by atoms with Crippen LogP contribution in [-0.4, -0.2) is 90.6 Å². The summed E-state index contributed by atoms with van der Waals surface area (Å²) in [6.07, 6.45) is 5.27. The van der Waals surface area contributed by atoms with Crippen molar-refractivity contribution in [3.05, 3.63) is 79.9 Å². The quantitative estimate of drug-likeness (QED) is 0.259. The van der Waals surface area contributed by atoms with Gasteiger partial charge in [0.1, 0.15) is 23.8 Å². The Kier molecular flexibility index (Phi) is 9.28. The van der Waals surface area contributed by atoms with E-state index >= 15 is 4.79 Å². The van der Waals surface area contributed by atoms with E-state index < -0.39 is 35.1 Å². The van der Waals surface area contributed by atoms with Crippen LogP contribution in [0, 0.1) is 17.8 Å². The number of aliphatic hydroxyl groups excluding tert-OH is 1. The highest BCUT2D eigenvalue weighted by Gasteiger charge is 2.79. The maximum absolute atomic E-state index is 15.1.